The van der Waals surface area contributed by atoms with E-state index in [9.17, 15) is 14.4 Å². The van der Waals surface area contributed by atoms with Gasteiger partial charge in [-0.25, -0.2) is 4.79 Å². The zero-order valence-corrected chi connectivity index (χ0v) is 29.8. The molecule has 1 aliphatic carbocycles. The Morgan fingerprint density at radius 2 is 1.54 bits per heavy atom. The van der Waals surface area contributed by atoms with Gasteiger partial charge >= 0.3 is 6.09 Å². The van der Waals surface area contributed by atoms with Gasteiger partial charge in [-0.05, 0) is 92.3 Å². The van der Waals surface area contributed by atoms with Crippen LogP contribution in [0.2, 0.25) is 0 Å². The van der Waals surface area contributed by atoms with Crippen LogP contribution in [0.5, 0.6) is 11.5 Å². The molecule has 1 saturated carbocycles. The average Bonchev–Trinajstić information content (AvgIpc) is 2.99. The molecule has 1 saturated heterocycles. The maximum Gasteiger partial charge on any atom is 0.410 e. The first-order valence-electron chi connectivity index (χ1n) is 17.2. The van der Waals surface area contributed by atoms with Crippen LogP contribution < -0.4 is 9.47 Å². The zero-order valence-electron chi connectivity index (χ0n) is 29.8. The lowest BCUT2D eigenvalue weighted by Gasteiger charge is -2.46. The lowest BCUT2D eigenvalue weighted by atomic mass is 9.91. The third-order valence-corrected chi connectivity index (χ3v) is 8.88. The molecule has 2 atom stereocenters. The number of methoxy groups -OCH3 is 2. The van der Waals surface area contributed by atoms with E-state index >= 15 is 0 Å². The standard InChI is InChI=1S/C36H59N3O7/c1-25(2)38(28-14-11-10-12-15-28)33(40)23-29-17-18-30(24-37(29)35(42)46-36(5,6)7)39(26(3)4)34(41)27-16-19-31(44-9)32(22-27)45-21-13-20-43-8/h16,19,22,25-26,28-30H,10-15,17-18,20-21,23-24H2,1-9H3/t29-,30-/m1/s1. The number of amides is 3. The summed E-state index contributed by atoms with van der Waals surface area (Å²) in [6, 6.07) is 4.88. The Bertz CT molecular complexity index is 1140. The van der Waals surface area contributed by atoms with Crippen LogP contribution in [0.15, 0.2) is 18.2 Å². The van der Waals surface area contributed by atoms with Crippen molar-refractivity contribution < 1.29 is 33.3 Å². The van der Waals surface area contributed by atoms with Crippen molar-refractivity contribution in [3.8, 4) is 11.5 Å². The van der Waals surface area contributed by atoms with Crippen molar-refractivity contribution in [3.63, 3.8) is 0 Å². The second-order valence-corrected chi connectivity index (χ2v) is 14.3. The smallest absolute Gasteiger partial charge is 0.410 e. The van der Waals surface area contributed by atoms with Crippen molar-refractivity contribution in [3.05, 3.63) is 23.8 Å². The molecule has 0 N–H and O–H groups in total. The van der Waals surface area contributed by atoms with Gasteiger partial charge in [-0.15, -0.1) is 0 Å². The second kappa shape index (κ2) is 17.2. The third kappa shape index (κ3) is 10.2. The van der Waals surface area contributed by atoms with Gasteiger partial charge in [0.1, 0.15) is 5.60 Å². The molecular formula is C36H59N3O7. The molecule has 0 spiro atoms. The van der Waals surface area contributed by atoms with Crippen LogP contribution >= 0.6 is 0 Å². The molecule has 2 fully saturated rings. The first-order valence-corrected chi connectivity index (χ1v) is 17.2. The van der Waals surface area contributed by atoms with Crippen LogP contribution in [0.1, 0.15) is 117 Å². The van der Waals surface area contributed by atoms with Crippen molar-refractivity contribution in [2.24, 2.45) is 0 Å². The molecule has 0 unspecified atom stereocenters. The van der Waals surface area contributed by atoms with Gasteiger partial charge in [-0.2, -0.15) is 0 Å². The Balaban J connectivity index is 1.85. The Labute approximate surface area is 277 Å². The summed E-state index contributed by atoms with van der Waals surface area (Å²) in [5, 5.41) is 0. The van der Waals surface area contributed by atoms with Gasteiger partial charge in [0.25, 0.3) is 5.91 Å². The Kier molecular flexibility index (Phi) is 14.0. The van der Waals surface area contributed by atoms with Crippen LogP contribution in [0, 0.1) is 0 Å². The first kappa shape index (κ1) is 37.4. The third-order valence-electron chi connectivity index (χ3n) is 8.88. The summed E-state index contributed by atoms with van der Waals surface area (Å²) in [7, 11) is 3.22. The maximum absolute atomic E-state index is 14.1. The predicted octanol–water partition coefficient (Wildman–Crippen LogP) is 6.69. The highest BCUT2D eigenvalue weighted by Crippen LogP contribution is 2.33. The molecule has 10 nitrogen and oxygen atoms in total. The van der Waals surface area contributed by atoms with Crippen molar-refractivity contribution >= 4 is 17.9 Å². The molecule has 1 heterocycles. The summed E-state index contributed by atoms with van der Waals surface area (Å²) < 4.78 is 22.4. The highest BCUT2D eigenvalue weighted by molar-refractivity contribution is 5.95. The zero-order chi connectivity index (χ0) is 34.0. The first-order chi connectivity index (χ1) is 21.8. The normalized spacial score (nSPS) is 19.2. The van der Waals surface area contributed by atoms with Crippen LogP contribution in [0.3, 0.4) is 0 Å². The Morgan fingerprint density at radius 1 is 0.870 bits per heavy atom. The summed E-state index contributed by atoms with van der Waals surface area (Å²) in [5.41, 5.74) is -0.210. The Morgan fingerprint density at radius 3 is 2.13 bits per heavy atom. The molecule has 46 heavy (non-hydrogen) atoms. The highest BCUT2D eigenvalue weighted by Gasteiger charge is 2.41. The monoisotopic (exact) mass is 645 g/mol. The average molecular weight is 646 g/mol. The predicted molar refractivity (Wildman–Crippen MR) is 180 cm³/mol. The molecule has 10 heteroatoms. The van der Waals surface area contributed by atoms with Crippen molar-refractivity contribution in [2.75, 3.05) is 34.0 Å². The van der Waals surface area contributed by atoms with E-state index in [2.05, 4.69) is 18.7 Å². The van der Waals surface area contributed by atoms with Crippen LogP contribution in [-0.4, -0.2) is 102 Å². The van der Waals surface area contributed by atoms with Gasteiger partial charge in [-0.1, -0.05) is 19.3 Å². The van der Waals surface area contributed by atoms with Crippen molar-refractivity contribution in [1.82, 2.24) is 14.7 Å². The molecular weight excluding hydrogens is 586 g/mol. The molecule has 1 aliphatic heterocycles. The summed E-state index contributed by atoms with van der Waals surface area (Å²) in [6.07, 6.45) is 7.34. The van der Waals surface area contributed by atoms with E-state index in [1.54, 1.807) is 37.3 Å². The van der Waals surface area contributed by atoms with Crippen LogP contribution in [-0.2, 0) is 14.3 Å². The van der Waals surface area contributed by atoms with Crippen LogP contribution in [0.4, 0.5) is 4.79 Å². The molecule has 0 radical (unpaired) electrons. The number of nitrogens with zero attached hydrogens (tertiary/aromatic N) is 3. The van der Waals surface area contributed by atoms with Crippen molar-refractivity contribution in [2.45, 2.75) is 142 Å². The number of carbonyl (C=O) groups excluding carboxylic acids is 3. The minimum atomic E-state index is -0.693. The van der Waals surface area contributed by atoms with Gasteiger partial charge in [0.05, 0.1) is 19.8 Å². The van der Waals surface area contributed by atoms with E-state index in [1.165, 1.54) is 6.42 Å². The molecule has 1 aromatic rings. The van der Waals surface area contributed by atoms with Crippen LogP contribution in [0.25, 0.3) is 0 Å². The molecule has 0 bridgehead atoms. The fourth-order valence-corrected chi connectivity index (χ4v) is 6.85. The number of piperidine rings is 1. The molecule has 3 amide bonds. The summed E-state index contributed by atoms with van der Waals surface area (Å²) in [5.74, 6) is 0.992. The topological polar surface area (TPSA) is 97.9 Å². The number of benzene rings is 1. The molecule has 2 aliphatic rings. The van der Waals surface area contributed by atoms with E-state index in [0.717, 1.165) is 25.7 Å². The largest absolute Gasteiger partial charge is 0.493 e. The quantitative estimate of drug-likeness (QED) is 0.221. The lowest BCUT2D eigenvalue weighted by Crippen LogP contribution is -2.58. The molecule has 1 aromatic carbocycles. The lowest BCUT2D eigenvalue weighted by molar-refractivity contribution is -0.138. The highest BCUT2D eigenvalue weighted by atomic mass is 16.6. The number of likely N-dealkylation sites (tertiary alicyclic amines) is 1. The van der Waals surface area contributed by atoms with Gasteiger partial charge in [0, 0.05) is 62.8 Å². The number of ether oxygens (including phenoxy) is 4. The van der Waals surface area contributed by atoms with Gasteiger partial charge in [-0.3, -0.25) is 9.59 Å². The van der Waals surface area contributed by atoms with E-state index in [4.69, 9.17) is 18.9 Å². The second-order valence-electron chi connectivity index (χ2n) is 14.3. The fraction of sp³-hybridized carbons (Fsp3) is 0.750. The SMILES string of the molecule is COCCCOc1cc(C(=O)N(C(C)C)[C@@H]2CC[C@H](CC(=O)N(C(C)C)C3CCCCC3)N(C(=O)OC(C)(C)C)C2)ccc1OC. The molecule has 3 rings (SSSR count). The van der Waals surface area contributed by atoms with E-state index in [-0.39, 0.29) is 48.4 Å². The van der Waals surface area contributed by atoms with Gasteiger partial charge in [0.2, 0.25) is 5.91 Å². The van der Waals surface area contributed by atoms with E-state index in [0.29, 0.717) is 56.1 Å². The summed E-state index contributed by atoms with van der Waals surface area (Å²) >= 11 is 0. The molecule has 0 aromatic heterocycles. The molecule has 260 valence electrons. The Hall–Kier alpha value is -3.01. The number of carbonyl (C=O) groups is 3. The number of rotatable bonds is 13. The number of hydrogen-bond donors (Lipinski definition) is 0. The minimum Gasteiger partial charge on any atom is -0.493 e. The summed E-state index contributed by atoms with van der Waals surface area (Å²) in [4.78, 5) is 47.3. The maximum atomic E-state index is 14.1. The van der Waals surface area contributed by atoms with E-state index < -0.39 is 11.7 Å². The van der Waals surface area contributed by atoms with E-state index in [1.807, 2.05) is 39.5 Å². The van der Waals surface area contributed by atoms with Gasteiger partial charge in [0.15, 0.2) is 11.5 Å². The number of hydrogen-bond acceptors (Lipinski definition) is 7. The minimum absolute atomic E-state index is 0.0898. The summed E-state index contributed by atoms with van der Waals surface area (Å²) in [6.45, 7) is 15.0. The fourth-order valence-electron chi connectivity index (χ4n) is 6.85. The van der Waals surface area contributed by atoms with Crippen molar-refractivity contribution in [1.29, 1.82) is 0 Å². The van der Waals surface area contributed by atoms with Gasteiger partial charge < -0.3 is 33.6 Å².